The van der Waals surface area contributed by atoms with Crippen LogP contribution < -0.4 is 5.32 Å². The molecule has 1 aromatic carbocycles. The highest BCUT2D eigenvalue weighted by Gasteiger charge is 2.19. The first-order valence-corrected chi connectivity index (χ1v) is 5.25. The van der Waals surface area contributed by atoms with Gasteiger partial charge in [0.1, 0.15) is 11.9 Å². The number of aliphatic carboxylic acids is 1. The Labute approximate surface area is 98.5 Å². The molecule has 1 amide bonds. The van der Waals surface area contributed by atoms with E-state index in [0.717, 1.165) is 0 Å². The fourth-order valence-electron chi connectivity index (χ4n) is 1.46. The number of carbonyl (C=O) groups is 2. The highest BCUT2D eigenvalue weighted by atomic mass is 19.1. The van der Waals surface area contributed by atoms with Crippen molar-refractivity contribution in [2.45, 2.75) is 26.3 Å². The molecule has 0 aromatic heterocycles. The van der Waals surface area contributed by atoms with E-state index in [1.807, 2.05) is 0 Å². The van der Waals surface area contributed by atoms with Gasteiger partial charge >= 0.3 is 5.97 Å². The fraction of sp³-hybridized carbons (Fsp3) is 0.333. The molecular weight excluding hydrogens is 225 g/mol. The van der Waals surface area contributed by atoms with Crippen LogP contribution in [0.1, 0.15) is 29.3 Å². The average Bonchev–Trinajstić information content (AvgIpc) is 2.24. The van der Waals surface area contributed by atoms with Gasteiger partial charge in [-0.05, 0) is 37.1 Å². The van der Waals surface area contributed by atoms with Gasteiger partial charge in [0.25, 0.3) is 5.91 Å². The Balaban J connectivity index is 2.86. The number of rotatable bonds is 4. The third-order valence-corrected chi connectivity index (χ3v) is 2.44. The molecule has 0 aliphatic heterocycles. The molecular formula is C12H14FNO3. The number of halogens is 1. The molecule has 92 valence electrons. The largest absolute Gasteiger partial charge is 0.480 e. The summed E-state index contributed by atoms with van der Waals surface area (Å²) in [6.07, 6.45) is 0.293. The molecule has 0 fully saturated rings. The Morgan fingerprint density at radius 2 is 2.12 bits per heavy atom. The van der Waals surface area contributed by atoms with Crippen molar-refractivity contribution < 1.29 is 19.1 Å². The first-order chi connectivity index (χ1) is 7.95. The van der Waals surface area contributed by atoms with Gasteiger partial charge in [0.15, 0.2) is 0 Å². The van der Waals surface area contributed by atoms with Gasteiger partial charge in [0.05, 0.1) is 0 Å². The minimum absolute atomic E-state index is 0.283. The molecule has 0 spiro atoms. The van der Waals surface area contributed by atoms with E-state index >= 15 is 0 Å². The van der Waals surface area contributed by atoms with Crippen molar-refractivity contribution in [3.63, 3.8) is 0 Å². The second-order valence-electron chi connectivity index (χ2n) is 3.73. The molecule has 0 aliphatic carbocycles. The van der Waals surface area contributed by atoms with Crippen LogP contribution in [0, 0.1) is 12.7 Å². The molecule has 1 aromatic rings. The number of nitrogens with one attached hydrogen (secondary N) is 1. The second kappa shape index (κ2) is 5.43. The summed E-state index contributed by atoms with van der Waals surface area (Å²) in [5, 5.41) is 11.2. The predicted octanol–water partition coefficient (Wildman–Crippen LogP) is 1.73. The Kier molecular flexibility index (Phi) is 4.20. The lowest BCUT2D eigenvalue weighted by Crippen LogP contribution is -2.40. The number of amides is 1. The molecule has 5 heteroatoms. The van der Waals surface area contributed by atoms with Crippen LogP contribution in [0.5, 0.6) is 0 Å². The van der Waals surface area contributed by atoms with Crippen LogP contribution in [0.2, 0.25) is 0 Å². The van der Waals surface area contributed by atoms with Crippen molar-refractivity contribution in [1.82, 2.24) is 5.32 Å². The number of hydrogen-bond acceptors (Lipinski definition) is 2. The summed E-state index contributed by atoms with van der Waals surface area (Å²) in [6.45, 7) is 3.26. The van der Waals surface area contributed by atoms with Crippen molar-refractivity contribution in [2.24, 2.45) is 0 Å². The second-order valence-corrected chi connectivity index (χ2v) is 3.73. The Morgan fingerprint density at radius 3 is 2.59 bits per heavy atom. The molecule has 4 nitrogen and oxygen atoms in total. The highest BCUT2D eigenvalue weighted by molar-refractivity contribution is 5.97. The molecule has 2 N–H and O–H groups in total. The predicted molar refractivity (Wildman–Crippen MR) is 60.3 cm³/mol. The van der Waals surface area contributed by atoms with Crippen LogP contribution in [0.4, 0.5) is 4.39 Å². The first-order valence-electron chi connectivity index (χ1n) is 5.25. The van der Waals surface area contributed by atoms with E-state index in [0.29, 0.717) is 12.0 Å². The molecule has 0 saturated carbocycles. The first kappa shape index (κ1) is 13.2. The van der Waals surface area contributed by atoms with E-state index in [1.54, 1.807) is 13.8 Å². The van der Waals surface area contributed by atoms with Gasteiger partial charge in [-0.25, -0.2) is 9.18 Å². The number of aryl methyl sites for hydroxylation is 1. The normalized spacial score (nSPS) is 11.9. The standard InChI is InChI=1S/C12H14FNO3/c1-3-10(12(16)17)14-11(15)9-5-4-8(13)6-7(9)2/h4-6,10H,3H2,1-2H3,(H,14,15)(H,16,17). The van der Waals surface area contributed by atoms with Gasteiger partial charge in [-0.3, -0.25) is 4.79 Å². The van der Waals surface area contributed by atoms with Crippen LogP contribution in [0.25, 0.3) is 0 Å². The topological polar surface area (TPSA) is 66.4 Å². The third kappa shape index (κ3) is 3.27. The van der Waals surface area contributed by atoms with Crippen LogP contribution in [0.3, 0.4) is 0 Å². The van der Waals surface area contributed by atoms with Crippen molar-refractivity contribution >= 4 is 11.9 Å². The van der Waals surface area contributed by atoms with E-state index in [-0.39, 0.29) is 5.56 Å². The Morgan fingerprint density at radius 1 is 1.47 bits per heavy atom. The molecule has 1 atom stereocenters. The minimum Gasteiger partial charge on any atom is -0.480 e. The van der Waals surface area contributed by atoms with E-state index < -0.39 is 23.7 Å². The van der Waals surface area contributed by atoms with Crippen LogP contribution >= 0.6 is 0 Å². The lowest BCUT2D eigenvalue weighted by molar-refractivity contribution is -0.139. The minimum atomic E-state index is -1.08. The molecule has 17 heavy (non-hydrogen) atoms. The lowest BCUT2D eigenvalue weighted by atomic mass is 10.1. The monoisotopic (exact) mass is 239 g/mol. The van der Waals surface area contributed by atoms with Gasteiger partial charge in [-0.2, -0.15) is 0 Å². The average molecular weight is 239 g/mol. The Bertz CT molecular complexity index is 445. The third-order valence-electron chi connectivity index (χ3n) is 2.44. The van der Waals surface area contributed by atoms with E-state index in [9.17, 15) is 14.0 Å². The zero-order valence-corrected chi connectivity index (χ0v) is 9.66. The smallest absolute Gasteiger partial charge is 0.326 e. The maximum atomic E-state index is 12.8. The van der Waals surface area contributed by atoms with Crippen LogP contribution in [-0.2, 0) is 4.79 Å². The molecule has 1 unspecified atom stereocenters. The summed E-state index contributed by atoms with van der Waals surface area (Å²) in [4.78, 5) is 22.5. The summed E-state index contributed by atoms with van der Waals surface area (Å²) >= 11 is 0. The van der Waals surface area contributed by atoms with E-state index in [1.165, 1.54) is 18.2 Å². The number of carboxylic acid groups (broad SMARTS) is 1. The molecule has 0 radical (unpaired) electrons. The summed E-state index contributed by atoms with van der Waals surface area (Å²) in [6, 6.07) is 2.82. The van der Waals surface area contributed by atoms with Crippen molar-refractivity contribution in [3.05, 3.63) is 35.1 Å². The lowest BCUT2D eigenvalue weighted by Gasteiger charge is -2.13. The van der Waals surface area contributed by atoms with E-state index in [2.05, 4.69) is 5.32 Å². The molecule has 0 heterocycles. The van der Waals surface area contributed by atoms with Crippen LogP contribution in [-0.4, -0.2) is 23.0 Å². The zero-order chi connectivity index (χ0) is 13.0. The Hall–Kier alpha value is -1.91. The fourth-order valence-corrected chi connectivity index (χ4v) is 1.46. The number of benzene rings is 1. The summed E-state index contributed by atoms with van der Waals surface area (Å²) in [5.74, 6) is -2.01. The van der Waals surface area contributed by atoms with Gasteiger partial charge in [-0.15, -0.1) is 0 Å². The summed E-state index contributed by atoms with van der Waals surface area (Å²) in [7, 11) is 0. The van der Waals surface area contributed by atoms with Crippen molar-refractivity contribution in [1.29, 1.82) is 0 Å². The zero-order valence-electron chi connectivity index (χ0n) is 9.66. The van der Waals surface area contributed by atoms with Gasteiger partial charge in [0.2, 0.25) is 0 Å². The maximum absolute atomic E-state index is 12.8. The van der Waals surface area contributed by atoms with Gasteiger partial charge < -0.3 is 10.4 Å². The molecule has 0 bridgehead atoms. The molecule has 0 aliphatic rings. The summed E-state index contributed by atoms with van der Waals surface area (Å²) < 4.78 is 12.8. The summed E-state index contributed by atoms with van der Waals surface area (Å²) in [5.41, 5.74) is 0.758. The van der Waals surface area contributed by atoms with Crippen molar-refractivity contribution in [3.8, 4) is 0 Å². The quantitative estimate of drug-likeness (QED) is 0.840. The molecule has 0 saturated heterocycles. The maximum Gasteiger partial charge on any atom is 0.326 e. The number of carbonyl (C=O) groups excluding carboxylic acids is 1. The SMILES string of the molecule is CCC(NC(=O)c1ccc(F)cc1C)C(=O)O. The van der Waals surface area contributed by atoms with Crippen molar-refractivity contribution in [2.75, 3.05) is 0 Å². The van der Waals surface area contributed by atoms with Crippen LogP contribution in [0.15, 0.2) is 18.2 Å². The van der Waals surface area contributed by atoms with Gasteiger partial charge in [-0.1, -0.05) is 6.92 Å². The van der Waals surface area contributed by atoms with Gasteiger partial charge in [0, 0.05) is 5.56 Å². The number of carboxylic acids is 1. The van der Waals surface area contributed by atoms with E-state index in [4.69, 9.17) is 5.11 Å². The molecule has 1 rings (SSSR count). The highest BCUT2D eigenvalue weighted by Crippen LogP contribution is 2.10. The number of hydrogen-bond donors (Lipinski definition) is 2.